The zero-order valence-electron chi connectivity index (χ0n) is 5.14. The van der Waals surface area contributed by atoms with Crippen LogP contribution in [0.25, 0.3) is 0 Å². The average molecular weight is 188 g/mol. The summed E-state index contributed by atoms with van der Waals surface area (Å²) >= 11 is 11.5. The third-order valence-electron chi connectivity index (χ3n) is 1.14. The molecule has 0 unspecified atom stereocenters. The van der Waals surface area contributed by atoms with Gasteiger partial charge in [-0.25, -0.2) is 0 Å². The van der Waals surface area contributed by atoms with Crippen molar-refractivity contribution in [1.82, 2.24) is 0 Å². The molecule has 0 aliphatic rings. The summed E-state index contributed by atoms with van der Waals surface area (Å²) in [6, 6.07) is 9.39. The number of hydrogen-bond donors (Lipinski definition) is 0. The van der Waals surface area contributed by atoms with Crippen LogP contribution in [0.5, 0.6) is 0 Å². The van der Waals surface area contributed by atoms with Crippen LogP contribution in [0.15, 0.2) is 30.3 Å². The molecule has 0 atom stereocenters. The van der Waals surface area contributed by atoms with E-state index in [-0.39, 0.29) is 0 Å². The van der Waals surface area contributed by atoms with Gasteiger partial charge in [0.25, 0.3) is 0 Å². The SMILES string of the molecule is [Si]C(Cl)(Cl)c1ccccc1. The summed E-state index contributed by atoms with van der Waals surface area (Å²) in [7, 11) is 3.17. The van der Waals surface area contributed by atoms with Gasteiger partial charge in [0.1, 0.15) is 3.96 Å². The standard InChI is InChI=1S/C7H5Cl2Si/c8-7(9,10)6-4-2-1-3-5-6/h1-5H. The van der Waals surface area contributed by atoms with Gasteiger partial charge in [0, 0.05) is 0 Å². The Labute approximate surface area is 73.6 Å². The van der Waals surface area contributed by atoms with Gasteiger partial charge >= 0.3 is 0 Å². The van der Waals surface area contributed by atoms with E-state index in [1.807, 2.05) is 30.3 Å². The van der Waals surface area contributed by atoms with Gasteiger partial charge in [-0.2, -0.15) is 0 Å². The molecule has 0 fully saturated rings. The zero-order chi connectivity index (χ0) is 7.61. The maximum Gasteiger partial charge on any atom is 0.123 e. The van der Waals surface area contributed by atoms with Gasteiger partial charge in [-0.15, -0.1) is 23.2 Å². The van der Waals surface area contributed by atoms with Gasteiger partial charge in [-0.1, -0.05) is 30.3 Å². The Hall–Kier alpha value is 0.0169. The highest BCUT2D eigenvalue weighted by Gasteiger charge is 2.17. The first-order valence-corrected chi connectivity index (χ1v) is 4.04. The van der Waals surface area contributed by atoms with Gasteiger partial charge in [0.05, 0.1) is 10.2 Å². The van der Waals surface area contributed by atoms with E-state index in [1.54, 1.807) is 0 Å². The summed E-state index contributed by atoms with van der Waals surface area (Å²) < 4.78 is -0.957. The second-order valence-electron chi connectivity index (χ2n) is 1.94. The molecule has 3 radical (unpaired) electrons. The molecule has 1 aromatic rings. The van der Waals surface area contributed by atoms with Crippen LogP contribution in [-0.2, 0) is 3.96 Å². The largest absolute Gasteiger partial charge is 0.123 e. The topological polar surface area (TPSA) is 0 Å². The Morgan fingerprint density at radius 2 is 1.60 bits per heavy atom. The van der Waals surface area contributed by atoms with E-state index < -0.39 is 3.96 Å². The lowest BCUT2D eigenvalue weighted by Crippen LogP contribution is -2.08. The van der Waals surface area contributed by atoms with E-state index in [2.05, 4.69) is 10.2 Å². The highest BCUT2D eigenvalue weighted by Crippen LogP contribution is 2.28. The molecular weight excluding hydrogens is 183 g/mol. The van der Waals surface area contributed by atoms with Crippen LogP contribution in [0.4, 0.5) is 0 Å². The quantitative estimate of drug-likeness (QED) is 0.469. The fourth-order valence-electron chi connectivity index (χ4n) is 0.647. The molecule has 1 aromatic carbocycles. The van der Waals surface area contributed by atoms with Crippen molar-refractivity contribution in [2.24, 2.45) is 0 Å². The summed E-state index contributed by atoms with van der Waals surface area (Å²) in [4.78, 5) is 0. The molecule has 0 aliphatic carbocycles. The predicted molar refractivity (Wildman–Crippen MR) is 45.6 cm³/mol. The number of benzene rings is 1. The number of rotatable bonds is 1. The van der Waals surface area contributed by atoms with Crippen molar-refractivity contribution >= 4 is 33.4 Å². The Balaban J connectivity index is 2.97. The van der Waals surface area contributed by atoms with E-state index >= 15 is 0 Å². The molecule has 0 saturated carbocycles. The summed E-state index contributed by atoms with van der Waals surface area (Å²) in [5.41, 5.74) is 0.843. The molecule has 10 heavy (non-hydrogen) atoms. The van der Waals surface area contributed by atoms with Crippen molar-refractivity contribution in [2.45, 2.75) is 3.96 Å². The van der Waals surface area contributed by atoms with Crippen LogP contribution in [0.1, 0.15) is 5.56 Å². The smallest absolute Gasteiger partial charge is 0.102 e. The van der Waals surface area contributed by atoms with Crippen molar-refractivity contribution in [3.05, 3.63) is 35.9 Å². The van der Waals surface area contributed by atoms with Crippen molar-refractivity contribution in [2.75, 3.05) is 0 Å². The van der Waals surface area contributed by atoms with Crippen molar-refractivity contribution in [1.29, 1.82) is 0 Å². The number of hydrogen-bond acceptors (Lipinski definition) is 0. The molecule has 0 saturated heterocycles. The fraction of sp³-hybridized carbons (Fsp3) is 0.143. The Kier molecular flexibility index (Phi) is 2.39. The molecule has 0 aliphatic heterocycles. The molecule has 0 aromatic heterocycles. The van der Waals surface area contributed by atoms with Crippen LogP contribution in [0, 0.1) is 0 Å². The molecule has 0 N–H and O–H groups in total. The van der Waals surface area contributed by atoms with Gasteiger partial charge in [-0.3, -0.25) is 0 Å². The second kappa shape index (κ2) is 2.95. The monoisotopic (exact) mass is 187 g/mol. The number of halogens is 2. The first kappa shape index (κ1) is 8.12. The van der Waals surface area contributed by atoms with Crippen LogP contribution in [0.3, 0.4) is 0 Å². The Morgan fingerprint density at radius 1 is 1.10 bits per heavy atom. The molecule has 0 nitrogen and oxygen atoms in total. The van der Waals surface area contributed by atoms with E-state index in [0.717, 1.165) is 5.56 Å². The van der Waals surface area contributed by atoms with E-state index in [4.69, 9.17) is 23.2 Å². The third-order valence-corrected chi connectivity index (χ3v) is 1.86. The Bertz CT molecular complexity index is 203. The van der Waals surface area contributed by atoms with Crippen molar-refractivity contribution < 1.29 is 0 Å². The lowest BCUT2D eigenvalue weighted by molar-refractivity contribution is 1.24. The normalized spacial score (nSPS) is 11.5. The summed E-state index contributed by atoms with van der Waals surface area (Å²) in [5.74, 6) is 0. The van der Waals surface area contributed by atoms with Gasteiger partial charge < -0.3 is 0 Å². The molecule has 3 heteroatoms. The van der Waals surface area contributed by atoms with E-state index in [1.165, 1.54) is 0 Å². The lowest BCUT2D eigenvalue weighted by atomic mass is 10.2. The molecule has 0 amide bonds. The summed E-state index contributed by atoms with van der Waals surface area (Å²) in [6.45, 7) is 0. The minimum atomic E-state index is -0.957. The van der Waals surface area contributed by atoms with Crippen LogP contribution in [0.2, 0.25) is 0 Å². The number of alkyl halides is 2. The third kappa shape index (κ3) is 2.01. The molecular formula is C7H5Cl2Si. The van der Waals surface area contributed by atoms with E-state index in [0.29, 0.717) is 0 Å². The van der Waals surface area contributed by atoms with Crippen LogP contribution >= 0.6 is 23.2 Å². The van der Waals surface area contributed by atoms with Crippen molar-refractivity contribution in [3.63, 3.8) is 0 Å². The molecule has 0 spiro atoms. The highest BCUT2D eigenvalue weighted by molar-refractivity contribution is 6.64. The highest BCUT2D eigenvalue weighted by atomic mass is 35.5. The minimum absolute atomic E-state index is 0.843. The first-order chi connectivity index (χ1) is 4.61. The maximum absolute atomic E-state index is 5.74. The van der Waals surface area contributed by atoms with Gasteiger partial charge in [-0.05, 0) is 5.56 Å². The zero-order valence-corrected chi connectivity index (χ0v) is 7.65. The van der Waals surface area contributed by atoms with Gasteiger partial charge in [0.2, 0.25) is 0 Å². The average Bonchev–Trinajstić information content (AvgIpc) is 1.88. The molecule has 0 heterocycles. The summed E-state index contributed by atoms with van der Waals surface area (Å²) in [5, 5.41) is 0. The second-order valence-corrected chi connectivity index (χ2v) is 4.65. The molecule has 51 valence electrons. The van der Waals surface area contributed by atoms with Crippen molar-refractivity contribution in [3.8, 4) is 0 Å². The lowest BCUT2D eigenvalue weighted by Gasteiger charge is -2.12. The van der Waals surface area contributed by atoms with Crippen LogP contribution in [-0.4, -0.2) is 10.2 Å². The molecule has 1 rings (SSSR count). The van der Waals surface area contributed by atoms with Gasteiger partial charge in [0.15, 0.2) is 0 Å². The van der Waals surface area contributed by atoms with E-state index in [9.17, 15) is 0 Å². The summed E-state index contributed by atoms with van der Waals surface area (Å²) in [6.07, 6.45) is 0. The minimum Gasteiger partial charge on any atom is -0.102 e. The maximum atomic E-state index is 5.74. The van der Waals surface area contributed by atoms with Crippen LogP contribution < -0.4 is 0 Å². The first-order valence-electron chi connectivity index (χ1n) is 2.79. The predicted octanol–water partition coefficient (Wildman–Crippen LogP) is 2.44. The Morgan fingerprint density at radius 3 is 1.90 bits per heavy atom. The molecule has 0 bridgehead atoms. The fourth-order valence-corrected chi connectivity index (χ4v) is 1.07.